The number of rotatable bonds is 6. The number of thiophene rings is 1. The summed E-state index contributed by atoms with van der Waals surface area (Å²) in [6, 6.07) is 18.5. The van der Waals surface area contributed by atoms with Crippen LogP contribution in [0.3, 0.4) is 0 Å². The average molecular weight is 396 g/mol. The van der Waals surface area contributed by atoms with Gasteiger partial charge in [-0.25, -0.2) is 17.8 Å². The van der Waals surface area contributed by atoms with Crippen LogP contribution in [0, 0.1) is 0 Å². The average Bonchev–Trinajstić information content (AvgIpc) is 3.39. The Morgan fingerprint density at radius 1 is 1.00 bits per heavy atom. The summed E-state index contributed by atoms with van der Waals surface area (Å²) in [4.78, 5) is 0.217. The molecule has 27 heavy (non-hydrogen) atoms. The summed E-state index contributed by atoms with van der Waals surface area (Å²) < 4.78 is 29.5. The van der Waals surface area contributed by atoms with Crippen molar-refractivity contribution >= 4 is 21.4 Å². The van der Waals surface area contributed by atoms with Crippen LogP contribution in [0.25, 0.3) is 16.8 Å². The maximum absolute atomic E-state index is 12.7. The molecular formula is C19H16N4O2S2. The third-order valence-electron chi connectivity index (χ3n) is 4.01. The Morgan fingerprint density at radius 2 is 1.81 bits per heavy atom. The molecule has 0 saturated carbocycles. The van der Waals surface area contributed by atoms with E-state index in [1.807, 2.05) is 53.2 Å². The third-order valence-corrected chi connectivity index (χ3v) is 6.08. The van der Waals surface area contributed by atoms with Gasteiger partial charge in [0.2, 0.25) is 10.0 Å². The van der Waals surface area contributed by atoms with Crippen molar-refractivity contribution in [1.29, 1.82) is 0 Å². The van der Waals surface area contributed by atoms with Crippen LogP contribution in [0.2, 0.25) is 0 Å². The summed E-state index contributed by atoms with van der Waals surface area (Å²) in [6.07, 6.45) is 1.71. The Bertz CT molecular complexity index is 1140. The first-order valence-electron chi connectivity index (χ1n) is 8.21. The molecule has 2 heterocycles. The Balaban J connectivity index is 1.51. The van der Waals surface area contributed by atoms with Gasteiger partial charge in [0, 0.05) is 5.38 Å². The topological polar surface area (TPSA) is 76.9 Å². The van der Waals surface area contributed by atoms with Gasteiger partial charge in [0.15, 0.2) is 0 Å². The maximum Gasteiger partial charge on any atom is 0.240 e. The predicted molar refractivity (Wildman–Crippen MR) is 105 cm³/mol. The lowest BCUT2D eigenvalue weighted by atomic mass is 10.1. The van der Waals surface area contributed by atoms with Gasteiger partial charge in [-0.15, -0.1) is 5.10 Å². The second-order valence-electron chi connectivity index (χ2n) is 5.85. The lowest BCUT2D eigenvalue weighted by Crippen LogP contribution is -2.23. The molecule has 1 N–H and O–H groups in total. The quantitative estimate of drug-likeness (QED) is 0.541. The molecule has 2 aromatic carbocycles. The number of hydrogen-bond acceptors (Lipinski definition) is 5. The van der Waals surface area contributed by atoms with Crippen molar-refractivity contribution in [1.82, 2.24) is 19.7 Å². The zero-order valence-electron chi connectivity index (χ0n) is 14.2. The highest BCUT2D eigenvalue weighted by Gasteiger charge is 2.15. The van der Waals surface area contributed by atoms with Gasteiger partial charge in [0.05, 0.1) is 29.0 Å². The molecule has 0 spiro atoms. The largest absolute Gasteiger partial charge is 0.240 e. The first-order valence-corrected chi connectivity index (χ1v) is 10.6. The summed E-state index contributed by atoms with van der Waals surface area (Å²) in [5.41, 5.74) is 3.26. The molecule has 8 heteroatoms. The molecule has 0 unspecified atom stereocenters. The summed E-state index contributed by atoms with van der Waals surface area (Å²) in [5.74, 6) is 0. The van der Waals surface area contributed by atoms with Gasteiger partial charge < -0.3 is 0 Å². The Hall–Kier alpha value is -2.81. The van der Waals surface area contributed by atoms with Crippen molar-refractivity contribution in [2.45, 2.75) is 11.4 Å². The van der Waals surface area contributed by atoms with Crippen LogP contribution < -0.4 is 4.72 Å². The molecule has 0 radical (unpaired) electrons. The van der Waals surface area contributed by atoms with Crippen molar-refractivity contribution in [3.05, 3.63) is 83.3 Å². The predicted octanol–water partition coefficient (Wildman–Crippen LogP) is 3.47. The van der Waals surface area contributed by atoms with E-state index in [-0.39, 0.29) is 11.4 Å². The number of nitrogens with one attached hydrogen (secondary N) is 1. The number of sulfonamides is 1. The molecule has 0 aliphatic carbocycles. The fourth-order valence-corrected chi connectivity index (χ4v) is 4.29. The van der Waals surface area contributed by atoms with Crippen LogP contribution in [0.4, 0.5) is 0 Å². The zero-order chi connectivity index (χ0) is 18.7. The van der Waals surface area contributed by atoms with E-state index in [1.54, 1.807) is 40.4 Å². The van der Waals surface area contributed by atoms with E-state index < -0.39 is 10.0 Å². The van der Waals surface area contributed by atoms with E-state index in [0.29, 0.717) is 5.69 Å². The Kier molecular flexibility index (Phi) is 4.85. The van der Waals surface area contributed by atoms with E-state index in [4.69, 9.17) is 0 Å². The van der Waals surface area contributed by atoms with E-state index >= 15 is 0 Å². The van der Waals surface area contributed by atoms with Gasteiger partial charge in [-0.2, -0.15) is 11.3 Å². The molecule has 4 rings (SSSR count). The van der Waals surface area contributed by atoms with Gasteiger partial charge >= 0.3 is 0 Å². The number of benzene rings is 2. The fourth-order valence-electron chi connectivity index (χ4n) is 2.62. The molecule has 0 amide bonds. The molecular weight excluding hydrogens is 380 g/mol. The summed E-state index contributed by atoms with van der Waals surface area (Å²) in [6.45, 7) is 0.0715. The van der Waals surface area contributed by atoms with Crippen molar-refractivity contribution < 1.29 is 8.42 Å². The molecule has 0 atom stereocenters. The van der Waals surface area contributed by atoms with Crippen molar-refractivity contribution in [3.63, 3.8) is 0 Å². The maximum atomic E-state index is 12.7. The number of nitrogens with zero attached hydrogens (tertiary/aromatic N) is 3. The highest BCUT2D eigenvalue weighted by atomic mass is 32.2. The summed E-state index contributed by atoms with van der Waals surface area (Å²) in [5, 5.41) is 11.9. The van der Waals surface area contributed by atoms with Crippen molar-refractivity contribution in [2.24, 2.45) is 0 Å². The lowest BCUT2D eigenvalue weighted by molar-refractivity contribution is 0.580. The Labute approximate surface area is 161 Å². The molecule has 0 aliphatic heterocycles. The van der Waals surface area contributed by atoms with Crippen LogP contribution in [-0.2, 0) is 16.6 Å². The van der Waals surface area contributed by atoms with Crippen LogP contribution in [0.5, 0.6) is 0 Å². The van der Waals surface area contributed by atoms with E-state index in [0.717, 1.165) is 16.8 Å². The van der Waals surface area contributed by atoms with Crippen molar-refractivity contribution in [3.8, 4) is 16.8 Å². The van der Waals surface area contributed by atoms with E-state index in [2.05, 4.69) is 15.0 Å². The molecule has 0 bridgehead atoms. The SMILES string of the molecule is O=S(=O)(NCc1cn(-c2ccsc2)nn1)c1cccc(-c2ccccc2)c1. The smallest absolute Gasteiger partial charge is 0.220 e. The monoisotopic (exact) mass is 396 g/mol. The van der Waals surface area contributed by atoms with Gasteiger partial charge in [0.1, 0.15) is 0 Å². The van der Waals surface area contributed by atoms with Gasteiger partial charge in [-0.3, -0.25) is 0 Å². The minimum absolute atomic E-state index is 0.0715. The fraction of sp³-hybridized carbons (Fsp3) is 0.0526. The molecule has 136 valence electrons. The van der Waals surface area contributed by atoms with Crippen LogP contribution >= 0.6 is 11.3 Å². The van der Waals surface area contributed by atoms with Crippen molar-refractivity contribution in [2.75, 3.05) is 0 Å². The normalized spacial score (nSPS) is 11.6. The van der Waals surface area contributed by atoms with E-state index in [9.17, 15) is 8.42 Å². The highest BCUT2D eigenvalue weighted by Crippen LogP contribution is 2.22. The lowest BCUT2D eigenvalue weighted by Gasteiger charge is -2.07. The third kappa shape index (κ3) is 3.97. The van der Waals surface area contributed by atoms with Crippen LogP contribution in [0.1, 0.15) is 5.69 Å². The van der Waals surface area contributed by atoms with Gasteiger partial charge in [0.25, 0.3) is 0 Å². The second kappa shape index (κ2) is 7.43. The van der Waals surface area contributed by atoms with Crippen LogP contribution in [0.15, 0.2) is 82.5 Å². The molecule has 4 aromatic rings. The first kappa shape index (κ1) is 17.6. The summed E-state index contributed by atoms with van der Waals surface area (Å²) in [7, 11) is -3.66. The van der Waals surface area contributed by atoms with Gasteiger partial charge in [-0.1, -0.05) is 47.7 Å². The Morgan fingerprint density at radius 3 is 2.59 bits per heavy atom. The molecule has 0 fully saturated rings. The molecule has 6 nitrogen and oxygen atoms in total. The van der Waals surface area contributed by atoms with Gasteiger partial charge in [-0.05, 0) is 34.7 Å². The number of aromatic nitrogens is 3. The molecule has 0 saturated heterocycles. The van der Waals surface area contributed by atoms with E-state index in [1.165, 1.54) is 0 Å². The first-order chi connectivity index (χ1) is 13.1. The standard InChI is InChI=1S/C19H16N4O2S2/c24-27(25,19-8-4-7-16(11-19)15-5-2-1-3-6-15)20-12-17-13-23(22-21-17)18-9-10-26-14-18/h1-11,13-14,20H,12H2. The minimum atomic E-state index is -3.66. The van der Waals surface area contributed by atoms with Crippen LogP contribution in [-0.4, -0.2) is 23.4 Å². The summed E-state index contributed by atoms with van der Waals surface area (Å²) >= 11 is 1.56. The second-order valence-corrected chi connectivity index (χ2v) is 8.40. The zero-order valence-corrected chi connectivity index (χ0v) is 15.8. The highest BCUT2D eigenvalue weighted by molar-refractivity contribution is 7.89. The minimum Gasteiger partial charge on any atom is -0.220 e. The molecule has 2 aromatic heterocycles. The number of hydrogen-bond donors (Lipinski definition) is 1. The molecule has 0 aliphatic rings.